The highest BCUT2D eigenvalue weighted by Gasteiger charge is 2.12. The van der Waals surface area contributed by atoms with Crippen LogP contribution in [0.1, 0.15) is 21.6 Å². The first-order valence-electron chi connectivity index (χ1n) is 9.59. The van der Waals surface area contributed by atoms with Crippen molar-refractivity contribution in [2.45, 2.75) is 13.3 Å². The number of hydrogen-bond donors (Lipinski definition) is 1. The molecule has 0 saturated carbocycles. The molecule has 0 saturated heterocycles. The van der Waals surface area contributed by atoms with E-state index in [1.54, 1.807) is 24.6 Å². The third kappa shape index (κ3) is 4.67. The minimum absolute atomic E-state index is 0.00716. The molecule has 0 aliphatic rings. The average Bonchev–Trinajstić information content (AvgIpc) is 3.44. The Kier molecular flexibility index (Phi) is 5.57. The van der Waals surface area contributed by atoms with Crippen LogP contribution in [-0.4, -0.2) is 32.1 Å². The Hall–Kier alpha value is -4.27. The van der Waals surface area contributed by atoms with Gasteiger partial charge in [0.25, 0.3) is 11.6 Å². The van der Waals surface area contributed by atoms with Gasteiger partial charge in [0, 0.05) is 36.9 Å². The van der Waals surface area contributed by atoms with E-state index in [4.69, 9.17) is 4.42 Å². The van der Waals surface area contributed by atoms with Crippen LogP contribution in [0.3, 0.4) is 0 Å². The quantitative estimate of drug-likeness (QED) is 0.362. The largest absolute Gasteiger partial charge is 0.444 e. The molecule has 0 atom stereocenters. The fourth-order valence-electron chi connectivity index (χ4n) is 2.97. The second-order valence-electron chi connectivity index (χ2n) is 6.96. The highest BCUT2D eigenvalue weighted by atomic mass is 16.6. The van der Waals surface area contributed by atoms with Crippen LogP contribution in [0.4, 0.5) is 5.69 Å². The van der Waals surface area contributed by atoms with Crippen molar-refractivity contribution < 1.29 is 14.1 Å². The van der Waals surface area contributed by atoms with Gasteiger partial charge in [-0.3, -0.25) is 14.9 Å². The van der Waals surface area contributed by atoms with Crippen LogP contribution >= 0.6 is 0 Å². The Bertz CT molecular complexity index is 1210. The number of nitrogens with one attached hydrogen (secondary N) is 1. The predicted octanol–water partition coefficient (Wildman–Crippen LogP) is 3.72. The van der Waals surface area contributed by atoms with E-state index in [0.717, 1.165) is 16.8 Å². The van der Waals surface area contributed by atoms with Crippen molar-refractivity contribution in [3.8, 4) is 17.1 Å². The van der Waals surface area contributed by atoms with E-state index in [1.165, 1.54) is 23.0 Å². The number of carbonyl (C=O) groups is 1. The van der Waals surface area contributed by atoms with Crippen LogP contribution in [0.2, 0.25) is 0 Å². The normalized spacial score (nSPS) is 10.7. The minimum atomic E-state index is -0.468. The number of amides is 1. The summed E-state index contributed by atoms with van der Waals surface area (Å²) in [5, 5.41) is 17.7. The predicted molar refractivity (Wildman–Crippen MR) is 113 cm³/mol. The SMILES string of the molecule is Cc1ccc(-c2nc(CCNC(=O)c3cnn(-c4ccc([N+](=O)[O-])cc4)c3)co2)cc1. The van der Waals surface area contributed by atoms with E-state index in [1.807, 2.05) is 31.2 Å². The molecular formula is C22H19N5O4. The fourth-order valence-corrected chi connectivity index (χ4v) is 2.97. The smallest absolute Gasteiger partial charge is 0.269 e. The van der Waals surface area contributed by atoms with Gasteiger partial charge < -0.3 is 9.73 Å². The lowest BCUT2D eigenvalue weighted by Crippen LogP contribution is -2.25. The van der Waals surface area contributed by atoms with Crippen molar-refractivity contribution in [2.24, 2.45) is 0 Å². The standard InChI is InChI=1S/C22H19N5O4/c1-15-2-4-16(5-3-15)22-25-18(14-31-22)10-11-23-21(28)17-12-24-26(13-17)19-6-8-20(9-7-19)27(29)30/h2-9,12-14H,10-11H2,1H3,(H,23,28). The summed E-state index contributed by atoms with van der Waals surface area (Å²) in [5.74, 6) is 0.279. The van der Waals surface area contributed by atoms with E-state index in [9.17, 15) is 14.9 Å². The van der Waals surface area contributed by atoms with Crippen molar-refractivity contribution in [1.29, 1.82) is 0 Å². The first kappa shape index (κ1) is 20.0. The monoisotopic (exact) mass is 417 g/mol. The number of aryl methyl sites for hydroxylation is 1. The first-order chi connectivity index (χ1) is 15.0. The van der Waals surface area contributed by atoms with Crippen LogP contribution < -0.4 is 5.32 Å². The second-order valence-corrected chi connectivity index (χ2v) is 6.96. The molecule has 0 aliphatic heterocycles. The number of nitrogens with zero attached hydrogens (tertiary/aromatic N) is 4. The number of rotatable bonds is 7. The zero-order valence-corrected chi connectivity index (χ0v) is 16.7. The zero-order chi connectivity index (χ0) is 21.8. The van der Waals surface area contributed by atoms with Gasteiger partial charge in [0.05, 0.1) is 28.1 Å². The Morgan fingerprint density at radius 3 is 2.61 bits per heavy atom. The maximum absolute atomic E-state index is 12.4. The van der Waals surface area contributed by atoms with E-state index < -0.39 is 4.92 Å². The van der Waals surface area contributed by atoms with Gasteiger partial charge in [-0.15, -0.1) is 0 Å². The summed E-state index contributed by atoms with van der Waals surface area (Å²) >= 11 is 0. The molecule has 9 nitrogen and oxygen atoms in total. The van der Waals surface area contributed by atoms with E-state index in [0.29, 0.717) is 30.1 Å². The zero-order valence-electron chi connectivity index (χ0n) is 16.7. The Labute approximate surface area is 177 Å². The van der Waals surface area contributed by atoms with Crippen LogP contribution in [0, 0.1) is 17.0 Å². The molecular weight excluding hydrogens is 398 g/mol. The van der Waals surface area contributed by atoms with E-state index in [2.05, 4.69) is 15.4 Å². The lowest BCUT2D eigenvalue weighted by Gasteiger charge is -2.02. The third-order valence-electron chi connectivity index (χ3n) is 4.69. The van der Waals surface area contributed by atoms with Crippen molar-refractivity contribution in [2.75, 3.05) is 6.54 Å². The number of benzene rings is 2. The van der Waals surface area contributed by atoms with Gasteiger partial charge in [0.1, 0.15) is 6.26 Å². The highest BCUT2D eigenvalue weighted by Crippen LogP contribution is 2.19. The summed E-state index contributed by atoms with van der Waals surface area (Å²) in [4.78, 5) is 27.1. The molecule has 0 radical (unpaired) electrons. The van der Waals surface area contributed by atoms with Gasteiger partial charge in [0.2, 0.25) is 5.89 Å². The summed E-state index contributed by atoms with van der Waals surface area (Å²) in [6.07, 6.45) is 5.13. The minimum Gasteiger partial charge on any atom is -0.444 e. The number of aromatic nitrogens is 3. The molecule has 0 aliphatic carbocycles. The number of non-ortho nitro benzene ring substituents is 1. The maximum atomic E-state index is 12.4. The molecule has 0 bridgehead atoms. The van der Waals surface area contributed by atoms with Gasteiger partial charge in [-0.25, -0.2) is 9.67 Å². The summed E-state index contributed by atoms with van der Waals surface area (Å²) in [6, 6.07) is 13.8. The topological polar surface area (TPSA) is 116 Å². The number of carbonyl (C=O) groups excluding carboxylic acids is 1. The molecule has 1 amide bonds. The van der Waals surface area contributed by atoms with Crippen molar-refractivity contribution in [3.05, 3.63) is 94.1 Å². The lowest BCUT2D eigenvalue weighted by atomic mass is 10.1. The van der Waals surface area contributed by atoms with Gasteiger partial charge in [-0.05, 0) is 31.2 Å². The number of nitro groups is 1. The summed E-state index contributed by atoms with van der Waals surface area (Å²) in [6.45, 7) is 2.41. The highest BCUT2D eigenvalue weighted by molar-refractivity contribution is 5.93. The molecule has 2 aromatic carbocycles. The van der Waals surface area contributed by atoms with Crippen molar-refractivity contribution >= 4 is 11.6 Å². The number of oxazole rings is 1. The first-order valence-corrected chi connectivity index (χ1v) is 9.59. The van der Waals surface area contributed by atoms with Crippen molar-refractivity contribution in [1.82, 2.24) is 20.1 Å². The third-order valence-corrected chi connectivity index (χ3v) is 4.69. The Morgan fingerprint density at radius 2 is 1.90 bits per heavy atom. The molecule has 1 N–H and O–H groups in total. The van der Waals surface area contributed by atoms with Gasteiger partial charge in [-0.2, -0.15) is 5.10 Å². The summed E-state index contributed by atoms with van der Waals surface area (Å²) in [5.41, 5.74) is 3.81. The van der Waals surface area contributed by atoms with Gasteiger partial charge in [-0.1, -0.05) is 17.7 Å². The molecule has 0 spiro atoms. The summed E-state index contributed by atoms with van der Waals surface area (Å²) in [7, 11) is 0. The average molecular weight is 417 g/mol. The lowest BCUT2D eigenvalue weighted by molar-refractivity contribution is -0.384. The van der Waals surface area contributed by atoms with Crippen molar-refractivity contribution in [3.63, 3.8) is 0 Å². The van der Waals surface area contributed by atoms with Crippen LogP contribution in [0.25, 0.3) is 17.1 Å². The fraction of sp³-hybridized carbons (Fsp3) is 0.136. The van der Waals surface area contributed by atoms with Crippen LogP contribution in [0.5, 0.6) is 0 Å². The van der Waals surface area contributed by atoms with Gasteiger partial charge >= 0.3 is 0 Å². The molecule has 0 unspecified atom stereocenters. The number of hydrogen-bond acceptors (Lipinski definition) is 6. The van der Waals surface area contributed by atoms with Gasteiger partial charge in [0.15, 0.2) is 0 Å². The molecule has 4 rings (SSSR count). The van der Waals surface area contributed by atoms with Crippen LogP contribution in [-0.2, 0) is 6.42 Å². The molecule has 4 aromatic rings. The molecule has 9 heteroatoms. The van der Waals surface area contributed by atoms with Crippen LogP contribution in [0.15, 0.2) is 71.6 Å². The molecule has 2 heterocycles. The molecule has 0 fully saturated rings. The number of nitro benzene ring substituents is 1. The Morgan fingerprint density at radius 1 is 1.16 bits per heavy atom. The van der Waals surface area contributed by atoms with E-state index in [-0.39, 0.29) is 11.6 Å². The molecule has 156 valence electrons. The van der Waals surface area contributed by atoms with E-state index >= 15 is 0 Å². The summed E-state index contributed by atoms with van der Waals surface area (Å²) < 4.78 is 7.02. The molecule has 31 heavy (non-hydrogen) atoms. The second kappa shape index (κ2) is 8.62. The molecule has 2 aromatic heterocycles. The maximum Gasteiger partial charge on any atom is 0.269 e. The Balaban J connectivity index is 1.32.